The van der Waals surface area contributed by atoms with E-state index in [1.54, 1.807) is 17.9 Å². The number of benzene rings is 2. The Morgan fingerprint density at radius 3 is 2.58 bits per heavy atom. The van der Waals surface area contributed by atoms with Crippen LogP contribution in [0.5, 0.6) is 0 Å². The molecule has 1 aromatic heterocycles. The van der Waals surface area contributed by atoms with Crippen molar-refractivity contribution >= 4 is 11.8 Å². The minimum absolute atomic E-state index is 0.00209. The minimum Gasteiger partial charge on any atom is -0.359 e. The maximum Gasteiger partial charge on any atom is 0.228 e. The molecule has 1 saturated heterocycles. The van der Waals surface area contributed by atoms with Gasteiger partial charge in [-0.3, -0.25) is 14.3 Å². The van der Waals surface area contributed by atoms with Crippen LogP contribution < -0.4 is 5.32 Å². The van der Waals surface area contributed by atoms with Crippen molar-refractivity contribution in [3.63, 3.8) is 0 Å². The molecule has 6 heteroatoms. The third-order valence-corrected chi connectivity index (χ3v) is 6.16. The zero-order valence-corrected chi connectivity index (χ0v) is 17.8. The normalized spacial score (nSPS) is 18.2. The van der Waals surface area contributed by atoms with E-state index in [1.807, 2.05) is 47.5 Å². The van der Waals surface area contributed by atoms with Crippen molar-refractivity contribution in [1.82, 2.24) is 20.0 Å². The van der Waals surface area contributed by atoms with Crippen LogP contribution in [0, 0.1) is 5.41 Å². The van der Waals surface area contributed by atoms with Crippen LogP contribution in [0.2, 0.25) is 0 Å². The quantitative estimate of drug-likeness (QED) is 0.643. The number of aryl methyl sites for hydroxylation is 1. The second-order valence-electron chi connectivity index (χ2n) is 8.14. The lowest BCUT2D eigenvalue weighted by Crippen LogP contribution is -2.44. The Hall–Kier alpha value is -3.41. The molecular formula is C25H28N4O2. The minimum atomic E-state index is -0.624. The van der Waals surface area contributed by atoms with E-state index in [9.17, 15) is 9.59 Å². The molecule has 0 saturated carbocycles. The molecular weight excluding hydrogens is 388 g/mol. The lowest BCUT2D eigenvalue weighted by Gasteiger charge is -2.28. The summed E-state index contributed by atoms with van der Waals surface area (Å²) in [6.07, 6.45) is 5.20. The van der Waals surface area contributed by atoms with Crippen molar-refractivity contribution in [2.45, 2.75) is 25.8 Å². The number of carbonyl (C=O) groups is 2. The van der Waals surface area contributed by atoms with Crippen LogP contribution in [0.3, 0.4) is 0 Å². The zero-order chi connectivity index (χ0) is 21.7. The molecule has 1 fully saturated rings. The molecule has 1 unspecified atom stereocenters. The molecule has 6 nitrogen and oxygen atoms in total. The molecule has 1 atom stereocenters. The van der Waals surface area contributed by atoms with Gasteiger partial charge in [0, 0.05) is 45.5 Å². The van der Waals surface area contributed by atoms with Crippen molar-refractivity contribution in [3.05, 3.63) is 78.6 Å². The number of amides is 2. The van der Waals surface area contributed by atoms with Gasteiger partial charge in [0.25, 0.3) is 0 Å². The first-order chi connectivity index (χ1) is 15.1. The predicted octanol–water partition coefficient (Wildman–Crippen LogP) is 3.15. The van der Waals surface area contributed by atoms with Crippen molar-refractivity contribution in [3.8, 4) is 11.1 Å². The van der Waals surface area contributed by atoms with E-state index in [4.69, 9.17) is 0 Å². The highest BCUT2D eigenvalue weighted by Gasteiger charge is 2.45. The van der Waals surface area contributed by atoms with Crippen LogP contribution in [0.25, 0.3) is 11.1 Å². The van der Waals surface area contributed by atoms with E-state index in [0.717, 1.165) is 16.7 Å². The summed E-state index contributed by atoms with van der Waals surface area (Å²) in [6.45, 7) is 1.58. The van der Waals surface area contributed by atoms with Crippen molar-refractivity contribution in [1.29, 1.82) is 0 Å². The molecule has 1 aliphatic rings. The highest BCUT2D eigenvalue weighted by Crippen LogP contribution is 2.37. The van der Waals surface area contributed by atoms with E-state index in [-0.39, 0.29) is 11.8 Å². The van der Waals surface area contributed by atoms with Gasteiger partial charge in [-0.25, -0.2) is 0 Å². The van der Waals surface area contributed by atoms with Crippen molar-refractivity contribution < 1.29 is 9.59 Å². The van der Waals surface area contributed by atoms with Crippen LogP contribution in [-0.4, -0.2) is 46.6 Å². The number of nitrogens with zero attached hydrogens (tertiary/aromatic N) is 3. The molecule has 160 valence electrons. The largest absolute Gasteiger partial charge is 0.359 e. The first-order valence-electron chi connectivity index (χ1n) is 10.7. The average molecular weight is 417 g/mol. The molecule has 1 N–H and O–H groups in total. The summed E-state index contributed by atoms with van der Waals surface area (Å²) >= 11 is 0. The third-order valence-electron chi connectivity index (χ3n) is 6.16. The maximum atomic E-state index is 13.0. The van der Waals surface area contributed by atoms with Crippen LogP contribution >= 0.6 is 0 Å². The average Bonchev–Trinajstić information content (AvgIpc) is 3.49. The molecule has 4 rings (SSSR count). The van der Waals surface area contributed by atoms with E-state index in [1.165, 1.54) is 0 Å². The first-order valence-corrected chi connectivity index (χ1v) is 10.7. The summed E-state index contributed by atoms with van der Waals surface area (Å²) in [5.74, 6) is 0.0652. The molecule has 0 bridgehead atoms. The summed E-state index contributed by atoms with van der Waals surface area (Å²) in [5, 5.41) is 7.01. The molecule has 0 aliphatic carbocycles. The Bertz CT molecular complexity index is 1030. The van der Waals surface area contributed by atoms with Gasteiger partial charge in [0.1, 0.15) is 0 Å². The summed E-state index contributed by atoms with van der Waals surface area (Å²) in [5.41, 5.74) is 2.77. The van der Waals surface area contributed by atoms with Gasteiger partial charge in [-0.1, -0.05) is 54.6 Å². The SMILES string of the molecule is CNC(=O)C1(Cc2ccccc2-c2ccccc2)CCN(C(=O)CCn2cccn2)C1. The van der Waals surface area contributed by atoms with Gasteiger partial charge < -0.3 is 10.2 Å². The van der Waals surface area contributed by atoms with Crippen LogP contribution in [-0.2, 0) is 22.6 Å². The molecule has 1 aliphatic heterocycles. The van der Waals surface area contributed by atoms with Crippen LogP contribution in [0.15, 0.2) is 73.1 Å². The number of hydrogen-bond donors (Lipinski definition) is 1. The standard InChI is InChI=1S/C25H28N4O2/c1-26-24(31)25(13-17-28(19-25)23(30)12-16-29-15-7-14-27-29)18-21-10-5-6-11-22(21)20-8-3-2-4-9-20/h2-11,14-15H,12-13,16-19H2,1H3,(H,26,31). The van der Waals surface area contributed by atoms with Gasteiger partial charge in [0.2, 0.25) is 11.8 Å². The van der Waals surface area contributed by atoms with E-state index < -0.39 is 5.41 Å². The highest BCUT2D eigenvalue weighted by molar-refractivity contribution is 5.86. The van der Waals surface area contributed by atoms with E-state index >= 15 is 0 Å². The second kappa shape index (κ2) is 9.16. The summed E-state index contributed by atoms with van der Waals surface area (Å²) in [4.78, 5) is 27.7. The van der Waals surface area contributed by atoms with Gasteiger partial charge in [0.05, 0.1) is 5.41 Å². The number of likely N-dealkylation sites (tertiary alicyclic amines) is 1. The Morgan fingerprint density at radius 2 is 1.84 bits per heavy atom. The third kappa shape index (κ3) is 4.53. The number of nitrogens with one attached hydrogen (secondary N) is 1. The fraction of sp³-hybridized carbons (Fsp3) is 0.320. The maximum absolute atomic E-state index is 13.0. The fourth-order valence-corrected chi connectivity index (χ4v) is 4.50. The molecule has 0 spiro atoms. The molecule has 2 heterocycles. The molecule has 0 radical (unpaired) electrons. The van der Waals surface area contributed by atoms with Gasteiger partial charge in [0.15, 0.2) is 0 Å². The molecule has 3 aromatic rings. The van der Waals surface area contributed by atoms with Gasteiger partial charge in [-0.05, 0) is 35.6 Å². The number of rotatable bonds is 7. The molecule has 2 amide bonds. The Kier molecular flexibility index (Phi) is 6.16. The predicted molar refractivity (Wildman–Crippen MR) is 120 cm³/mol. The Balaban J connectivity index is 1.54. The van der Waals surface area contributed by atoms with Crippen molar-refractivity contribution in [2.24, 2.45) is 5.41 Å². The lowest BCUT2D eigenvalue weighted by molar-refractivity contribution is -0.133. The van der Waals surface area contributed by atoms with Gasteiger partial charge in [-0.2, -0.15) is 5.10 Å². The zero-order valence-electron chi connectivity index (χ0n) is 17.8. The molecule has 2 aromatic carbocycles. The second-order valence-corrected chi connectivity index (χ2v) is 8.14. The number of hydrogen-bond acceptors (Lipinski definition) is 3. The Labute approximate surface area is 182 Å². The number of carbonyl (C=O) groups excluding carboxylic acids is 2. The van der Waals surface area contributed by atoms with Crippen LogP contribution in [0.4, 0.5) is 0 Å². The fourth-order valence-electron chi connectivity index (χ4n) is 4.50. The molecule has 31 heavy (non-hydrogen) atoms. The van der Waals surface area contributed by atoms with Gasteiger partial charge in [-0.15, -0.1) is 0 Å². The van der Waals surface area contributed by atoms with Crippen LogP contribution in [0.1, 0.15) is 18.4 Å². The van der Waals surface area contributed by atoms with Gasteiger partial charge >= 0.3 is 0 Å². The lowest BCUT2D eigenvalue weighted by atomic mass is 9.78. The topological polar surface area (TPSA) is 67.2 Å². The van der Waals surface area contributed by atoms with Crippen molar-refractivity contribution in [2.75, 3.05) is 20.1 Å². The highest BCUT2D eigenvalue weighted by atomic mass is 16.2. The monoisotopic (exact) mass is 416 g/mol. The summed E-state index contributed by atoms with van der Waals surface area (Å²) < 4.78 is 1.76. The number of aromatic nitrogens is 2. The first kappa shape index (κ1) is 20.8. The van der Waals surface area contributed by atoms with E-state index in [0.29, 0.717) is 38.9 Å². The summed E-state index contributed by atoms with van der Waals surface area (Å²) in [6, 6.07) is 20.3. The van der Waals surface area contributed by atoms with E-state index in [2.05, 4.69) is 34.7 Å². The Morgan fingerprint density at radius 1 is 1.06 bits per heavy atom. The summed E-state index contributed by atoms with van der Waals surface area (Å²) in [7, 11) is 1.68. The smallest absolute Gasteiger partial charge is 0.228 e.